The van der Waals surface area contributed by atoms with Crippen LogP contribution in [0.25, 0.3) is 0 Å². The van der Waals surface area contributed by atoms with Gasteiger partial charge in [0.2, 0.25) is 0 Å². The molecule has 1 aromatic rings. The van der Waals surface area contributed by atoms with Gasteiger partial charge in [-0.3, -0.25) is 9.59 Å². The van der Waals surface area contributed by atoms with Gasteiger partial charge in [0.05, 0.1) is 11.5 Å². The van der Waals surface area contributed by atoms with E-state index in [1.165, 1.54) is 0 Å². The molecule has 21 heavy (non-hydrogen) atoms. The fraction of sp³-hybridized carbons (Fsp3) is 0.625. The lowest BCUT2D eigenvalue weighted by atomic mass is 9.87. The van der Waals surface area contributed by atoms with E-state index in [1.54, 1.807) is 4.90 Å². The zero-order chi connectivity index (χ0) is 15.7. The summed E-state index contributed by atoms with van der Waals surface area (Å²) in [5.74, 6) is -1.07. The van der Waals surface area contributed by atoms with Crippen LogP contribution in [0.3, 0.4) is 0 Å². The molecule has 1 aliphatic rings. The molecule has 1 fully saturated rings. The summed E-state index contributed by atoms with van der Waals surface area (Å²) in [6.07, 6.45) is 0.536. The van der Waals surface area contributed by atoms with Gasteiger partial charge in [0, 0.05) is 31.0 Å². The Bertz CT molecular complexity index is 562. The second kappa shape index (κ2) is 5.92. The van der Waals surface area contributed by atoms with E-state index in [1.807, 2.05) is 26.8 Å². The van der Waals surface area contributed by atoms with Crippen LogP contribution < -0.4 is 0 Å². The molecule has 2 atom stereocenters. The van der Waals surface area contributed by atoms with Crippen molar-refractivity contribution in [3.8, 4) is 0 Å². The zero-order valence-corrected chi connectivity index (χ0v) is 13.2. The van der Waals surface area contributed by atoms with Crippen LogP contribution in [0.4, 0.5) is 0 Å². The van der Waals surface area contributed by atoms with Gasteiger partial charge >= 0.3 is 5.97 Å². The van der Waals surface area contributed by atoms with Crippen LogP contribution in [0.2, 0.25) is 0 Å². The normalized spacial score (nSPS) is 22.4. The Morgan fingerprint density at radius 3 is 2.52 bits per heavy atom. The Morgan fingerprint density at radius 1 is 1.38 bits per heavy atom. The maximum Gasteiger partial charge on any atom is 0.306 e. The Labute approximate surface area is 125 Å². The molecule has 1 N–H and O–H groups in total. The first-order valence-electron chi connectivity index (χ1n) is 7.55. The van der Waals surface area contributed by atoms with E-state index in [-0.39, 0.29) is 17.7 Å². The second-order valence-electron chi connectivity index (χ2n) is 5.99. The summed E-state index contributed by atoms with van der Waals surface area (Å²) in [4.78, 5) is 25.6. The number of carboxylic acids is 1. The molecule has 116 valence electrons. The number of hydrogen-bond acceptors (Lipinski definition) is 2. The van der Waals surface area contributed by atoms with Crippen LogP contribution in [-0.2, 0) is 11.3 Å². The highest BCUT2D eigenvalue weighted by Crippen LogP contribution is 2.26. The number of nitrogens with zero attached hydrogens (tertiary/aromatic N) is 2. The molecule has 0 aliphatic carbocycles. The van der Waals surface area contributed by atoms with Gasteiger partial charge < -0.3 is 14.6 Å². The molecular weight excluding hydrogens is 268 g/mol. The van der Waals surface area contributed by atoms with Gasteiger partial charge in [0.1, 0.15) is 0 Å². The number of carboxylic acid groups (broad SMARTS) is 1. The van der Waals surface area contributed by atoms with E-state index in [0.29, 0.717) is 19.5 Å². The molecular formula is C16H24N2O3. The number of likely N-dealkylation sites (tertiary alicyclic amines) is 1. The number of rotatable bonds is 3. The highest BCUT2D eigenvalue weighted by Gasteiger charge is 2.34. The maximum absolute atomic E-state index is 12.7. The monoisotopic (exact) mass is 292 g/mol. The molecule has 0 bridgehead atoms. The molecule has 1 saturated heterocycles. The standard InChI is InChI=1S/C16H24N2O3/c1-5-18-11(3)8-14(12(18)4)15(19)17-7-6-13(16(20)21)10(2)9-17/h8,10,13H,5-7,9H2,1-4H3,(H,20,21). The van der Waals surface area contributed by atoms with Crippen LogP contribution >= 0.6 is 0 Å². The number of aryl methyl sites for hydroxylation is 1. The first-order chi connectivity index (χ1) is 9.86. The molecule has 1 amide bonds. The Kier molecular flexibility index (Phi) is 4.40. The third-order valence-corrected chi connectivity index (χ3v) is 4.63. The van der Waals surface area contributed by atoms with Crippen molar-refractivity contribution in [1.29, 1.82) is 0 Å². The molecule has 2 unspecified atom stereocenters. The summed E-state index contributed by atoms with van der Waals surface area (Å²) < 4.78 is 2.13. The first-order valence-corrected chi connectivity index (χ1v) is 7.55. The van der Waals surface area contributed by atoms with Crippen LogP contribution in [-0.4, -0.2) is 39.5 Å². The molecule has 0 spiro atoms. The third kappa shape index (κ3) is 2.82. The minimum atomic E-state index is -0.751. The molecule has 2 heterocycles. The SMILES string of the molecule is CCn1c(C)cc(C(=O)N2CCC(C(=O)O)C(C)C2)c1C. The summed E-state index contributed by atoms with van der Waals surface area (Å²) in [6, 6.07) is 1.94. The number of amides is 1. The first kappa shape index (κ1) is 15.6. The highest BCUT2D eigenvalue weighted by atomic mass is 16.4. The summed E-state index contributed by atoms with van der Waals surface area (Å²) in [6.45, 7) is 9.84. The molecule has 0 saturated carbocycles. The van der Waals surface area contributed by atoms with Crippen molar-refractivity contribution in [1.82, 2.24) is 9.47 Å². The average molecular weight is 292 g/mol. The predicted molar refractivity (Wildman–Crippen MR) is 80.4 cm³/mol. The minimum Gasteiger partial charge on any atom is -0.481 e. The zero-order valence-electron chi connectivity index (χ0n) is 13.2. The lowest BCUT2D eigenvalue weighted by Gasteiger charge is -2.35. The fourth-order valence-electron chi connectivity index (χ4n) is 3.37. The Balaban J connectivity index is 2.17. The quantitative estimate of drug-likeness (QED) is 0.930. The van der Waals surface area contributed by atoms with Crippen molar-refractivity contribution in [2.24, 2.45) is 11.8 Å². The molecule has 1 aliphatic heterocycles. The van der Waals surface area contributed by atoms with Crippen LogP contribution in [0, 0.1) is 25.7 Å². The molecule has 5 nitrogen and oxygen atoms in total. The van der Waals surface area contributed by atoms with Crippen molar-refractivity contribution in [2.45, 2.75) is 40.7 Å². The molecule has 0 radical (unpaired) electrons. The predicted octanol–water partition coefficient (Wildman–Crippen LogP) is 2.31. The minimum absolute atomic E-state index is 0.00476. The lowest BCUT2D eigenvalue weighted by molar-refractivity contribution is -0.145. The molecule has 2 rings (SSSR count). The summed E-state index contributed by atoms with van der Waals surface area (Å²) >= 11 is 0. The summed E-state index contributed by atoms with van der Waals surface area (Å²) in [5.41, 5.74) is 2.83. The molecule has 5 heteroatoms. The highest BCUT2D eigenvalue weighted by molar-refractivity contribution is 5.96. The molecule has 0 aromatic carbocycles. The smallest absolute Gasteiger partial charge is 0.306 e. The van der Waals surface area contributed by atoms with Crippen molar-refractivity contribution < 1.29 is 14.7 Å². The number of aromatic nitrogens is 1. The van der Waals surface area contributed by atoms with Crippen molar-refractivity contribution in [3.63, 3.8) is 0 Å². The Morgan fingerprint density at radius 2 is 2.05 bits per heavy atom. The number of aliphatic carboxylic acids is 1. The summed E-state index contributed by atoms with van der Waals surface area (Å²) in [5, 5.41) is 9.16. The van der Waals surface area contributed by atoms with Gasteiger partial charge in [-0.2, -0.15) is 0 Å². The van der Waals surface area contributed by atoms with E-state index in [2.05, 4.69) is 11.5 Å². The van der Waals surface area contributed by atoms with Crippen LogP contribution in [0.15, 0.2) is 6.07 Å². The average Bonchev–Trinajstić information content (AvgIpc) is 2.72. The van der Waals surface area contributed by atoms with Gasteiger partial charge in [-0.25, -0.2) is 0 Å². The van der Waals surface area contributed by atoms with E-state index in [9.17, 15) is 9.59 Å². The van der Waals surface area contributed by atoms with Crippen molar-refractivity contribution in [2.75, 3.05) is 13.1 Å². The number of carbonyl (C=O) groups excluding carboxylic acids is 1. The second-order valence-corrected chi connectivity index (χ2v) is 5.99. The van der Waals surface area contributed by atoms with Crippen molar-refractivity contribution in [3.05, 3.63) is 23.0 Å². The van der Waals surface area contributed by atoms with Crippen molar-refractivity contribution >= 4 is 11.9 Å². The van der Waals surface area contributed by atoms with Gasteiger partial charge in [-0.15, -0.1) is 0 Å². The number of hydrogen-bond donors (Lipinski definition) is 1. The largest absolute Gasteiger partial charge is 0.481 e. The Hall–Kier alpha value is -1.78. The van der Waals surface area contributed by atoms with Crippen LogP contribution in [0.1, 0.15) is 42.0 Å². The number of piperidine rings is 1. The van der Waals surface area contributed by atoms with Gasteiger partial charge in [0.25, 0.3) is 5.91 Å². The van der Waals surface area contributed by atoms with E-state index < -0.39 is 5.97 Å². The third-order valence-electron chi connectivity index (χ3n) is 4.63. The fourth-order valence-corrected chi connectivity index (χ4v) is 3.37. The maximum atomic E-state index is 12.7. The van der Waals surface area contributed by atoms with Crippen LogP contribution in [0.5, 0.6) is 0 Å². The molecule has 1 aromatic heterocycles. The van der Waals surface area contributed by atoms with E-state index >= 15 is 0 Å². The topological polar surface area (TPSA) is 62.5 Å². The van der Waals surface area contributed by atoms with Gasteiger partial charge in [-0.1, -0.05) is 6.92 Å². The van der Waals surface area contributed by atoms with E-state index in [4.69, 9.17) is 5.11 Å². The van der Waals surface area contributed by atoms with Gasteiger partial charge in [-0.05, 0) is 39.2 Å². The van der Waals surface area contributed by atoms with Gasteiger partial charge in [0.15, 0.2) is 0 Å². The lowest BCUT2D eigenvalue weighted by Crippen LogP contribution is -2.45. The number of carbonyl (C=O) groups is 2. The summed E-state index contributed by atoms with van der Waals surface area (Å²) in [7, 11) is 0. The van der Waals surface area contributed by atoms with E-state index in [0.717, 1.165) is 23.5 Å².